The number of aromatic nitrogens is 2. The highest BCUT2D eigenvalue weighted by molar-refractivity contribution is 7.89. The van der Waals surface area contributed by atoms with E-state index in [-0.39, 0.29) is 35.7 Å². The number of rotatable bonds is 7. The van der Waals surface area contributed by atoms with Crippen LogP contribution in [-0.2, 0) is 26.6 Å². The van der Waals surface area contributed by atoms with Gasteiger partial charge in [0.15, 0.2) is 0 Å². The summed E-state index contributed by atoms with van der Waals surface area (Å²) in [6, 6.07) is 15.4. The molecule has 0 saturated carbocycles. The normalized spacial score (nSPS) is 20.4. The van der Waals surface area contributed by atoms with Gasteiger partial charge in [0.25, 0.3) is 0 Å². The number of benzene rings is 2. The smallest absolute Gasteiger partial charge is 0.243 e. The van der Waals surface area contributed by atoms with Crippen LogP contribution in [-0.4, -0.2) is 42.6 Å². The van der Waals surface area contributed by atoms with Gasteiger partial charge in [-0.3, -0.25) is 5.10 Å². The third kappa shape index (κ3) is 5.17. The Hall–Kier alpha value is -3.32. The molecule has 1 fully saturated rings. The van der Waals surface area contributed by atoms with E-state index in [1.807, 2.05) is 12.1 Å². The summed E-state index contributed by atoms with van der Waals surface area (Å²) < 4.78 is 49.8. The summed E-state index contributed by atoms with van der Waals surface area (Å²) in [6.07, 6.45) is 4.41. The van der Waals surface area contributed by atoms with Crippen LogP contribution in [0, 0.1) is 22.6 Å². The van der Waals surface area contributed by atoms with Crippen molar-refractivity contribution in [2.45, 2.75) is 56.4 Å². The molecule has 0 amide bonds. The van der Waals surface area contributed by atoms with Gasteiger partial charge in [-0.2, -0.15) is 14.7 Å². The second-order valence-corrected chi connectivity index (χ2v) is 13.3. The van der Waals surface area contributed by atoms with Gasteiger partial charge in [0, 0.05) is 18.5 Å². The molecule has 2 atom stereocenters. The SMILES string of the molecule is CC(C)(C)c1ccc(S(=O)(=O)N2CCC3=Cc4[nH]ncc4CC3([C@H](OCCC#N)c3ccc(F)cc3)C2)cc1. The number of nitriles is 1. The second kappa shape index (κ2) is 10.3. The lowest BCUT2D eigenvalue weighted by Crippen LogP contribution is -2.52. The molecule has 7 nitrogen and oxygen atoms in total. The van der Waals surface area contributed by atoms with Crippen LogP contribution in [0.1, 0.15) is 62.1 Å². The molecule has 204 valence electrons. The van der Waals surface area contributed by atoms with E-state index >= 15 is 0 Å². The molecule has 1 unspecified atom stereocenters. The Balaban J connectivity index is 1.58. The van der Waals surface area contributed by atoms with E-state index in [2.05, 4.69) is 43.1 Å². The maximum Gasteiger partial charge on any atom is 0.243 e. The number of hydrogen-bond acceptors (Lipinski definition) is 5. The van der Waals surface area contributed by atoms with E-state index in [0.29, 0.717) is 19.4 Å². The zero-order chi connectivity index (χ0) is 27.8. The summed E-state index contributed by atoms with van der Waals surface area (Å²) >= 11 is 0. The van der Waals surface area contributed by atoms with Gasteiger partial charge in [0.05, 0.1) is 42.0 Å². The lowest BCUT2D eigenvalue weighted by molar-refractivity contribution is -0.0402. The molecule has 2 heterocycles. The number of fused-ring (bicyclic) bond motifs is 2. The van der Waals surface area contributed by atoms with Crippen molar-refractivity contribution in [1.82, 2.24) is 14.5 Å². The molecule has 3 aromatic rings. The van der Waals surface area contributed by atoms with Gasteiger partial charge in [-0.05, 0) is 65.3 Å². The number of ether oxygens (including phenoxy) is 1. The van der Waals surface area contributed by atoms with Crippen LogP contribution in [0.2, 0.25) is 0 Å². The molecule has 1 saturated heterocycles. The van der Waals surface area contributed by atoms with E-state index in [1.54, 1.807) is 34.8 Å². The van der Waals surface area contributed by atoms with Crippen molar-refractivity contribution in [2.24, 2.45) is 5.41 Å². The molecule has 0 spiro atoms. The number of nitrogens with one attached hydrogen (secondary N) is 1. The zero-order valence-corrected chi connectivity index (χ0v) is 23.3. The highest BCUT2D eigenvalue weighted by Gasteiger charge is 2.51. The minimum Gasteiger partial charge on any atom is -0.371 e. The zero-order valence-electron chi connectivity index (χ0n) is 22.4. The predicted octanol–water partition coefficient (Wildman–Crippen LogP) is 5.54. The number of halogens is 1. The largest absolute Gasteiger partial charge is 0.371 e. The third-order valence-corrected chi connectivity index (χ3v) is 9.69. The monoisotopic (exact) mass is 548 g/mol. The Kier molecular flexibility index (Phi) is 7.23. The Morgan fingerprint density at radius 1 is 1.18 bits per heavy atom. The molecular weight excluding hydrogens is 515 g/mol. The lowest BCUT2D eigenvalue weighted by atomic mass is 9.64. The van der Waals surface area contributed by atoms with Gasteiger partial charge >= 0.3 is 0 Å². The van der Waals surface area contributed by atoms with Gasteiger partial charge in [-0.1, -0.05) is 50.6 Å². The highest BCUT2D eigenvalue weighted by Crippen LogP contribution is 2.53. The number of nitrogens with zero attached hydrogens (tertiary/aromatic N) is 3. The molecule has 0 bridgehead atoms. The molecule has 9 heteroatoms. The summed E-state index contributed by atoms with van der Waals surface area (Å²) in [6.45, 7) is 6.96. The minimum absolute atomic E-state index is 0.0925. The fourth-order valence-electron chi connectivity index (χ4n) is 5.74. The number of aromatic amines is 1. The van der Waals surface area contributed by atoms with Crippen LogP contribution in [0.3, 0.4) is 0 Å². The van der Waals surface area contributed by atoms with Gasteiger partial charge in [0.2, 0.25) is 10.0 Å². The molecule has 2 aromatic carbocycles. The maximum absolute atomic E-state index is 14.0. The third-order valence-electron chi connectivity index (χ3n) is 7.84. The molecule has 1 aliphatic heterocycles. The fraction of sp³-hybridized carbons (Fsp3) is 0.400. The van der Waals surface area contributed by atoms with Crippen molar-refractivity contribution < 1.29 is 17.5 Å². The number of H-pyrrole nitrogens is 1. The van der Waals surface area contributed by atoms with Gasteiger partial charge < -0.3 is 4.74 Å². The molecular formula is C30H33FN4O3S. The van der Waals surface area contributed by atoms with Crippen molar-refractivity contribution in [3.63, 3.8) is 0 Å². The van der Waals surface area contributed by atoms with Crippen LogP contribution in [0.4, 0.5) is 4.39 Å². The van der Waals surface area contributed by atoms with Crippen molar-refractivity contribution in [3.05, 3.63) is 88.5 Å². The Morgan fingerprint density at radius 3 is 2.56 bits per heavy atom. The van der Waals surface area contributed by atoms with Crippen LogP contribution >= 0.6 is 0 Å². The maximum atomic E-state index is 14.0. The second-order valence-electron chi connectivity index (χ2n) is 11.4. The summed E-state index contributed by atoms with van der Waals surface area (Å²) in [5.41, 5.74) is 3.86. The first-order valence-electron chi connectivity index (χ1n) is 13.1. The van der Waals surface area contributed by atoms with Crippen molar-refractivity contribution in [1.29, 1.82) is 5.26 Å². The molecule has 5 rings (SSSR count). The molecule has 1 aromatic heterocycles. The standard InChI is InChI=1S/C30H33FN4O3S/c1-29(2,3)23-7-11-26(12-8-23)39(36,37)35-15-13-24-17-27-22(19-33-34-27)18-30(24,20-35)28(38-16-4-14-32)21-5-9-25(31)10-6-21/h5-12,17,19,28H,4,13,15-16,18,20H2,1-3H3,(H,33,34)/t28-,30?/m1/s1. The number of hydrogen-bond donors (Lipinski definition) is 1. The summed E-state index contributed by atoms with van der Waals surface area (Å²) in [5.74, 6) is -0.366. The lowest BCUT2D eigenvalue weighted by Gasteiger charge is -2.50. The van der Waals surface area contributed by atoms with Crippen LogP contribution in [0.15, 0.2) is 65.2 Å². The summed E-state index contributed by atoms with van der Waals surface area (Å²) in [5, 5.41) is 16.4. The highest BCUT2D eigenvalue weighted by atomic mass is 32.2. The van der Waals surface area contributed by atoms with Gasteiger partial charge in [-0.25, -0.2) is 12.8 Å². The molecule has 2 aliphatic rings. The van der Waals surface area contributed by atoms with Crippen LogP contribution in [0.25, 0.3) is 6.08 Å². The van der Waals surface area contributed by atoms with Gasteiger partial charge in [0.1, 0.15) is 5.82 Å². The Morgan fingerprint density at radius 2 is 1.90 bits per heavy atom. The Bertz CT molecular complexity index is 1520. The van der Waals surface area contributed by atoms with Gasteiger partial charge in [-0.15, -0.1) is 0 Å². The van der Waals surface area contributed by atoms with E-state index < -0.39 is 21.5 Å². The summed E-state index contributed by atoms with van der Waals surface area (Å²) in [7, 11) is -3.81. The fourth-order valence-corrected chi connectivity index (χ4v) is 7.25. The molecule has 39 heavy (non-hydrogen) atoms. The topological polar surface area (TPSA) is 99.1 Å². The molecule has 0 radical (unpaired) electrons. The average molecular weight is 549 g/mol. The molecule has 1 aliphatic carbocycles. The number of piperidine rings is 1. The molecule has 1 N–H and O–H groups in total. The first-order valence-corrected chi connectivity index (χ1v) is 14.6. The Labute approximate surface area is 229 Å². The van der Waals surface area contributed by atoms with E-state index in [4.69, 9.17) is 4.74 Å². The van der Waals surface area contributed by atoms with E-state index in [1.165, 1.54) is 12.1 Å². The van der Waals surface area contributed by atoms with Crippen LogP contribution in [0.5, 0.6) is 0 Å². The first-order chi connectivity index (χ1) is 18.5. The van der Waals surface area contributed by atoms with Crippen LogP contribution < -0.4 is 0 Å². The number of sulfonamides is 1. The predicted molar refractivity (Wildman–Crippen MR) is 147 cm³/mol. The first kappa shape index (κ1) is 27.3. The average Bonchev–Trinajstić information content (AvgIpc) is 3.36. The van der Waals surface area contributed by atoms with Crippen molar-refractivity contribution >= 4 is 16.1 Å². The van der Waals surface area contributed by atoms with Crippen molar-refractivity contribution in [2.75, 3.05) is 19.7 Å². The summed E-state index contributed by atoms with van der Waals surface area (Å²) in [4.78, 5) is 0.252. The van der Waals surface area contributed by atoms with E-state index in [0.717, 1.165) is 28.0 Å². The quantitative estimate of drug-likeness (QED) is 0.391. The van der Waals surface area contributed by atoms with E-state index in [9.17, 15) is 18.1 Å². The van der Waals surface area contributed by atoms with Crippen molar-refractivity contribution in [3.8, 4) is 6.07 Å². The minimum atomic E-state index is -3.81.